The minimum Gasteiger partial charge on any atom is -0.459 e. The van der Waals surface area contributed by atoms with Crippen LogP contribution in [0, 0.1) is 22.0 Å². The van der Waals surface area contributed by atoms with Gasteiger partial charge in [-0.15, -0.1) is 0 Å². The number of ether oxygens (including phenoxy) is 1. The number of rotatable bonds is 2. The topological polar surface area (TPSA) is 98.5 Å². The number of methoxy groups -OCH3 is 1. The van der Waals surface area contributed by atoms with Gasteiger partial charge in [0.25, 0.3) is 5.69 Å². The number of nitrogens with zero attached hydrogens (tertiary/aromatic N) is 1. The standard InChI is InChI=1S/C12H10N2O5/c1-8(15)13-10-5-3-9(4-6-12(16)19-2)7-11(10)14(17)18/h3,5,7H,1-2H3,(H,13,15). The zero-order valence-corrected chi connectivity index (χ0v) is 10.2. The van der Waals surface area contributed by atoms with Crippen LogP contribution in [-0.2, 0) is 14.3 Å². The molecule has 1 amide bonds. The van der Waals surface area contributed by atoms with Gasteiger partial charge in [0.15, 0.2) is 0 Å². The van der Waals surface area contributed by atoms with E-state index in [2.05, 4.69) is 21.9 Å². The van der Waals surface area contributed by atoms with Gasteiger partial charge in [-0.25, -0.2) is 4.79 Å². The highest BCUT2D eigenvalue weighted by Crippen LogP contribution is 2.25. The Morgan fingerprint density at radius 3 is 2.63 bits per heavy atom. The van der Waals surface area contributed by atoms with Gasteiger partial charge in [-0.2, -0.15) is 0 Å². The highest BCUT2D eigenvalue weighted by atomic mass is 16.6. The van der Waals surface area contributed by atoms with Crippen LogP contribution >= 0.6 is 0 Å². The van der Waals surface area contributed by atoms with Gasteiger partial charge >= 0.3 is 5.97 Å². The van der Waals surface area contributed by atoms with Gasteiger partial charge in [0.05, 0.1) is 12.0 Å². The fraction of sp³-hybridized carbons (Fsp3) is 0.167. The molecule has 1 rings (SSSR count). The molecule has 0 atom stereocenters. The molecule has 0 fully saturated rings. The summed E-state index contributed by atoms with van der Waals surface area (Å²) in [5.41, 5.74) is 0.0409. The van der Waals surface area contributed by atoms with Crippen molar-refractivity contribution in [3.05, 3.63) is 33.9 Å². The third kappa shape index (κ3) is 4.12. The Balaban J connectivity index is 3.15. The lowest BCUT2D eigenvalue weighted by molar-refractivity contribution is -0.383. The number of anilines is 1. The van der Waals surface area contributed by atoms with E-state index in [0.717, 1.165) is 0 Å². The van der Waals surface area contributed by atoms with Crippen molar-refractivity contribution in [1.82, 2.24) is 0 Å². The molecule has 19 heavy (non-hydrogen) atoms. The number of carbonyl (C=O) groups is 2. The van der Waals surface area contributed by atoms with Crippen molar-refractivity contribution in [2.45, 2.75) is 6.92 Å². The molecule has 0 saturated carbocycles. The summed E-state index contributed by atoms with van der Waals surface area (Å²) in [6.07, 6.45) is 0. The Bertz CT molecular complexity index is 598. The van der Waals surface area contributed by atoms with E-state index in [9.17, 15) is 19.7 Å². The summed E-state index contributed by atoms with van der Waals surface area (Å²) in [6.45, 7) is 1.24. The normalized spacial score (nSPS) is 8.95. The van der Waals surface area contributed by atoms with Crippen LogP contribution in [0.5, 0.6) is 0 Å². The molecular formula is C12H10N2O5. The Hall–Kier alpha value is -2.88. The van der Waals surface area contributed by atoms with Crippen LogP contribution in [0.3, 0.4) is 0 Å². The Labute approximate surface area is 108 Å². The van der Waals surface area contributed by atoms with Gasteiger partial charge in [0.2, 0.25) is 5.91 Å². The summed E-state index contributed by atoms with van der Waals surface area (Å²) in [6, 6.07) is 3.97. The molecule has 1 aromatic carbocycles. The van der Waals surface area contributed by atoms with Gasteiger partial charge in [-0.1, -0.05) is 5.92 Å². The molecule has 7 nitrogen and oxygen atoms in total. The molecule has 0 aromatic heterocycles. The third-order valence-electron chi connectivity index (χ3n) is 2.00. The monoisotopic (exact) mass is 262 g/mol. The van der Waals surface area contributed by atoms with E-state index >= 15 is 0 Å². The molecule has 1 aromatic rings. The van der Waals surface area contributed by atoms with Gasteiger partial charge in [0.1, 0.15) is 5.69 Å². The van der Waals surface area contributed by atoms with E-state index in [0.29, 0.717) is 0 Å². The van der Waals surface area contributed by atoms with E-state index < -0.39 is 16.8 Å². The number of hydrogen-bond donors (Lipinski definition) is 1. The van der Waals surface area contributed by atoms with Crippen LogP contribution in [0.1, 0.15) is 12.5 Å². The maximum atomic E-state index is 10.9. The first-order valence-corrected chi connectivity index (χ1v) is 5.10. The average Bonchev–Trinajstić information content (AvgIpc) is 2.36. The minimum absolute atomic E-state index is 0.0705. The zero-order chi connectivity index (χ0) is 14.4. The molecule has 0 saturated heterocycles. The predicted octanol–water partition coefficient (Wildman–Crippen LogP) is 1.08. The molecule has 0 unspecified atom stereocenters. The number of carbonyl (C=O) groups excluding carboxylic acids is 2. The number of nitro benzene ring substituents is 1. The first kappa shape index (κ1) is 14.2. The van der Waals surface area contributed by atoms with Crippen molar-refractivity contribution in [1.29, 1.82) is 0 Å². The Morgan fingerprint density at radius 2 is 2.11 bits per heavy atom. The Kier molecular flexibility index (Phi) is 4.60. The van der Waals surface area contributed by atoms with Crippen LogP contribution in [0.15, 0.2) is 18.2 Å². The molecule has 0 aliphatic rings. The second-order valence-electron chi connectivity index (χ2n) is 3.41. The maximum absolute atomic E-state index is 10.9. The van der Waals surface area contributed by atoms with E-state index in [4.69, 9.17) is 0 Å². The van der Waals surface area contributed by atoms with Crippen molar-refractivity contribution in [2.75, 3.05) is 12.4 Å². The number of benzene rings is 1. The molecule has 1 N–H and O–H groups in total. The average molecular weight is 262 g/mol. The fourth-order valence-corrected chi connectivity index (χ4v) is 1.23. The second-order valence-corrected chi connectivity index (χ2v) is 3.41. The SMILES string of the molecule is COC(=O)C#Cc1ccc(NC(C)=O)c([N+](=O)[O-])c1. The van der Waals surface area contributed by atoms with Crippen LogP contribution in [-0.4, -0.2) is 23.9 Å². The lowest BCUT2D eigenvalue weighted by Gasteiger charge is -2.03. The van der Waals surface area contributed by atoms with Crippen LogP contribution in [0.4, 0.5) is 11.4 Å². The number of nitrogens with one attached hydrogen (secondary N) is 1. The molecule has 0 spiro atoms. The van der Waals surface area contributed by atoms with E-state index in [1.807, 2.05) is 0 Å². The van der Waals surface area contributed by atoms with Crippen molar-refractivity contribution in [3.8, 4) is 11.8 Å². The number of esters is 1. The van der Waals surface area contributed by atoms with E-state index in [-0.39, 0.29) is 16.9 Å². The first-order chi connectivity index (χ1) is 8.93. The third-order valence-corrected chi connectivity index (χ3v) is 2.00. The summed E-state index contributed by atoms with van der Waals surface area (Å²) in [7, 11) is 1.18. The van der Waals surface area contributed by atoms with Crippen molar-refractivity contribution < 1.29 is 19.2 Å². The van der Waals surface area contributed by atoms with E-state index in [1.165, 1.54) is 32.2 Å². The van der Waals surface area contributed by atoms with Gasteiger partial charge in [-0.3, -0.25) is 14.9 Å². The number of nitro groups is 1. The second kappa shape index (κ2) is 6.16. The van der Waals surface area contributed by atoms with E-state index in [1.54, 1.807) is 0 Å². The van der Waals surface area contributed by atoms with Crippen LogP contribution < -0.4 is 5.32 Å². The molecular weight excluding hydrogens is 252 g/mol. The summed E-state index contributed by atoms with van der Waals surface area (Å²) >= 11 is 0. The Morgan fingerprint density at radius 1 is 1.42 bits per heavy atom. The summed E-state index contributed by atoms with van der Waals surface area (Å²) in [4.78, 5) is 32.0. The first-order valence-electron chi connectivity index (χ1n) is 5.10. The number of hydrogen-bond acceptors (Lipinski definition) is 5. The summed E-state index contributed by atoms with van der Waals surface area (Å²) in [5, 5.41) is 13.2. The highest BCUT2D eigenvalue weighted by Gasteiger charge is 2.14. The van der Waals surface area contributed by atoms with Crippen LogP contribution in [0.2, 0.25) is 0 Å². The van der Waals surface area contributed by atoms with Crippen molar-refractivity contribution >= 4 is 23.3 Å². The van der Waals surface area contributed by atoms with Gasteiger partial charge < -0.3 is 10.1 Å². The molecule has 98 valence electrons. The van der Waals surface area contributed by atoms with Crippen LogP contribution in [0.25, 0.3) is 0 Å². The lowest BCUT2D eigenvalue weighted by Crippen LogP contribution is -2.08. The molecule has 0 bridgehead atoms. The highest BCUT2D eigenvalue weighted by molar-refractivity contribution is 5.92. The molecule has 0 aliphatic carbocycles. The summed E-state index contributed by atoms with van der Waals surface area (Å²) in [5.74, 6) is 3.42. The van der Waals surface area contributed by atoms with Crippen molar-refractivity contribution in [2.24, 2.45) is 0 Å². The number of amides is 1. The molecule has 0 heterocycles. The van der Waals surface area contributed by atoms with Gasteiger partial charge in [-0.05, 0) is 12.1 Å². The lowest BCUT2D eigenvalue weighted by atomic mass is 10.1. The minimum atomic E-state index is -0.742. The van der Waals surface area contributed by atoms with Crippen molar-refractivity contribution in [3.63, 3.8) is 0 Å². The largest absolute Gasteiger partial charge is 0.459 e. The molecule has 0 radical (unpaired) electrons. The summed E-state index contributed by atoms with van der Waals surface area (Å²) < 4.78 is 4.32. The van der Waals surface area contributed by atoms with Gasteiger partial charge in [0, 0.05) is 24.5 Å². The smallest absolute Gasteiger partial charge is 0.384 e. The zero-order valence-electron chi connectivity index (χ0n) is 10.2. The predicted molar refractivity (Wildman–Crippen MR) is 66.3 cm³/mol. The quantitative estimate of drug-likeness (QED) is 0.372. The maximum Gasteiger partial charge on any atom is 0.384 e. The molecule has 7 heteroatoms. The molecule has 0 aliphatic heterocycles. The fourth-order valence-electron chi connectivity index (χ4n) is 1.23.